The second-order valence-electron chi connectivity index (χ2n) is 3.92. The van der Waals surface area contributed by atoms with Crippen LogP contribution in [0, 0.1) is 11.3 Å². The van der Waals surface area contributed by atoms with Gasteiger partial charge in [0, 0.05) is 26.5 Å². The molecular weight excluding hydrogens is 308 g/mol. The number of benzene rings is 1. The van der Waals surface area contributed by atoms with Gasteiger partial charge in [0.05, 0.1) is 11.6 Å². The van der Waals surface area contributed by atoms with Gasteiger partial charge >= 0.3 is 0 Å². The van der Waals surface area contributed by atoms with Crippen LogP contribution in [-0.4, -0.2) is 0 Å². The summed E-state index contributed by atoms with van der Waals surface area (Å²) in [6, 6.07) is 12.1. The van der Waals surface area contributed by atoms with Gasteiger partial charge in [0.15, 0.2) is 0 Å². The Kier molecular flexibility index (Phi) is 4.40. The molecule has 0 atom stereocenters. The minimum absolute atomic E-state index is 0.660. The molecular formula is C14H13BrN2S. The molecule has 0 aliphatic carbocycles. The standard InChI is InChI=1S/C14H13BrN2S/c1-2-13-3-4-14(18-13)9-17-12-6-10(8-16)5-11(15)7-12/h3-7,17H,2,9H2,1H3. The van der Waals surface area contributed by atoms with Crippen LogP contribution in [0.15, 0.2) is 34.8 Å². The second kappa shape index (κ2) is 6.03. The van der Waals surface area contributed by atoms with E-state index in [4.69, 9.17) is 5.26 Å². The van der Waals surface area contributed by atoms with Gasteiger partial charge < -0.3 is 5.32 Å². The maximum absolute atomic E-state index is 8.91. The van der Waals surface area contributed by atoms with Crippen molar-refractivity contribution in [3.8, 4) is 6.07 Å². The van der Waals surface area contributed by atoms with Crippen LogP contribution in [0.3, 0.4) is 0 Å². The van der Waals surface area contributed by atoms with Crippen molar-refractivity contribution in [2.45, 2.75) is 19.9 Å². The highest BCUT2D eigenvalue weighted by Crippen LogP contribution is 2.22. The number of anilines is 1. The Bertz CT molecular complexity index is 584. The lowest BCUT2D eigenvalue weighted by Crippen LogP contribution is -1.97. The third-order valence-electron chi connectivity index (χ3n) is 2.56. The average Bonchev–Trinajstić information content (AvgIpc) is 2.83. The first-order chi connectivity index (χ1) is 8.71. The van der Waals surface area contributed by atoms with Crippen LogP contribution < -0.4 is 5.32 Å². The molecule has 4 heteroatoms. The zero-order valence-electron chi connectivity index (χ0n) is 10.0. The summed E-state index contributed by atoms with van der Waals surface area (Å²) in [5.41, 5.74) is 1.62. The first kappa shape index (κ1) is 13.1. The van der Waals surface area contributed by atoms with Gasteiger partial charge in [-0.15, -0.1) is 11.3 Å². The van der Waals surface area contributed by atoms with Crippen molar-refractivity contribution in [3.63, 3.8) is 0 Å². The van der Waals surface area contributed by atoms with Crippen LogP contribution >= 0.6 is 27.3 Å². The van der Waals surface area contributed by atoms with Crippen LogP contribution in [-0.2, 0) is 13.0 Å². The maximum atomic E-state index is 8.91. The van der Waals surface area contributed by atoms with E-state index < -0.39 is 0 Å². The maximum Gasteiger partial charge on any atom is 0.0992 e. The molecule has 1 aromatic carbocycles. The Labute approximate surface area is 119 Å². The molecule has 1 aromatic heterocycles. The van der Waals surface area contributed by atoms with E-state index in [1.54, 1.807) is 0 Å². The third-order valence-corrected chi connectivity index (χ3v) is 4.25. The van der Waals surface area contributed by atoms with E-state index in [0.717, 1.165) is 23.1 Å². The number of thiophene rings is 1. The minimum atomic E-state index is 0.660. The first-order valence-corrected chi connectivity index (χ1v) is 7.34. The van der Waals surface area contributed by atoms with E-state index in [2.05, 4.69) is 46.4 Å². The number of hydrogen-bond acceptors (Lipinski definition) is 3. The summed E-state index contributed by atoms with van der Waals surface area (Å²) < 4.78 is 0.921. The lowest BCUT2D eigenvalue weighted by Gasteiger charge is -2.06. The second-order valence-corrected chi connectivity index (χ2v) is 6.08. The number of nitrogens with zero attached hydrogens (tertiary/aromatic N) is 1. The average molecular weight is 321 g/mol. The Morgan fingerprint density at radius 3 is 2.72 bits per heavy atom. The summed E-state index contributed by atoms with van der Waals surface area (Å²) in [4.78, 5) is 2.71. The summed E-state index contributed by atoms with van der Waals surface area (Å²) in [5.74, 6) is 0. The number of rotatable bonds is 4. The summed E-state index contributed by atoms with van der Waals surface area (Å²) in [5, 5.41) is 12.3. The SMILES string of the molecule is CCc1ccc(CNc2cc(Br)cc(C#N)c2)s1. The molecule has 0 radical (unpaired) electrons. The van der Waals surface area contributed by atoms with Crippen LogP contribution in [0.25, 0.3) is 0 Å². The normalized spacial score (nSPS) is 10.1. The highest BCUT2D eigenvalue weighted by atomic mass is 79.9. The lowest BCUT2D eigenvalue weighted by molar-refractivity contribution is 1.19. The van der Waals surface area contributed by atoms with Crippen molar-refractivity contribution < 1.29 is 0 Å². The molecule has 92 valence electrons. The minimum Gasteiger partial charge on any atom is -0.380 e. The van der Waals surface area contributed by atoms with Crippen molar-refractivity contribution in [2.24, 2.45) is 0 Å². The van der Waals surface area contributed by atoms with Gasteiger partial charge in [-0.2, -0.15) is 5.26 Å². The smallest absolute Gasteiger partial charge is 0.0992 e. The Balaban J connectivity index is 2.06. The van der Waals surface area contributed by atoms with E-state index >= 15 is 0 Å². The molecule has 1 N–H and O–H groups in total. The summed E-state index contributed by atoms with van der Waals surface area (Å²) in [7, 11) is 0. The van der Waals surface area contributed by atoms with E-state index in [1.807, 2.05) is 29.5 Å². The van der Waals surface area contributed by atoms with E-state index in [9.17, 15) is 0 Å². The molecule has 0 unspecified atom stereocenters. The predicted octanol–water partition coefficient (Wildman–Crippen LogP) is 4.56. The highest BCUT2D eigenvalue weighted by Gasteiger charge is 2.01. The van der Waals surface area contributed by atoms with Crippen molar-refractivity contribution >= 4 is 33.0 Å². The van der Waals surface area contributed by atoms with Crippen LogP contribution in [0.5, 0.6) is 0 Å². The molecule has 0 saturated heterocycles. The summed E-state index contributed by atoms with van der Waals surface area (Å²) in [6.45, 7) is 2.96. The molecule has 2 aromatic rings. The highest BCUT2D eigenvalue weighted by molar-refractivity contribution is 9.10. The van der Waals surface area contributed by atoms with E-state index in [1.165, 1.54) is 9.75 Å². The zero-order chi connectivity index (χ0) is 13.0. The Morgan fingerprint density at radius 2 is 2.06 bits per heavy atom. The van der Waals surface area contributed by atoms with Gasteiger partial charge in [-0.3, -0.25) is 0 Å². The molecule has 0 aliphatic heterocycles. The Hall–Kier alpha value is -1.31. The number of nitrogens with one attached hydrogen (secondary N) is 1. The lowest BCUT2D eigenvalue weighted by atomic mass is 10.2. The van der Waals surface area contributed by atoms with Gasteiger partial charge in [-0.1, -0.05) is 22.9 Å². The van der Waals surface area contributed by atoms with Crippen molar-refractivity contribution in [2.75, 3.05) is 5.32 Å². The van der Waals surface area contributed by atoms with Gasteiger partial charge in [0.1, 0.15) is 0 Å². The molecule has 0 aliphatic rings. The first-order valence-electron chi connectivity index (χ1n) is 5.73. The summed E-state index contributed by atoms with van der Waals surface area (Å²) >= 11 is 5.23. The molecule has 2 nitrogen and oxygen atoms in total. The monoisotopic (exact) mass is 320 g/mol. The zero-order valence-corrected chi connectivity index (χ0v) is 12.4. The van der Waals surface area contributed by atoms with Crippen molar-refractivity contribution in [1.82, 2.24) is 0 Å². The molecule has 0 amide bonds. The van der Waals surface area contributed by atoms with Gasteiger partial charge in [0.2, 0.25) is 0 Å². The third kappa shape index (κ3) is 3.34. The topological polar surface area (TPSA) is 35.8 Å². The Morgan fingerprint density at radius 1 is 1.28 bits per heavy atom. The largest absolute Gasteiger partial charge is 0.380 e. The fourth-order valence-corrected chi connectivity index (χ4v) is 3.04. The van der Waals surface area contributed by atoms with Crippen molar-refractivity contribution in [3.05, 3.63) is 50.1 Å². The molecule has 0 fully saturated rings. The van der Waals surface area contributed by atoms with Crippen molar-refractivity contribution in [1.29, 1.82) is 5.26 Å². The number of halogens is 1. The fraction of sp³-hybridized carbons (Fsp3) is 0.214. The van der Waals surface area contributed by atoms with E-state index in [-0.39, 0.29) is 0 Å². The summed E-state index contributed by atoms with van der Waals surface area (Å²) in [6.07, 6.45) is 1.08. The van der Waals surface area contributed by atoms with Crippen LogP contribution in [0.2, 0.25) is 0 Å². The van der Waals surface area contributed by atoms with Gasteiger partial charge in [-0.05, 0) is 36.8 Å². The van der Waals surface area contributed by atoms with Crippen LogP contribution in [0.1, 0.15) is 22.2 Å². The molecule has 2 rings (SSSR count). The molecule has 18 heavy (non-hydrogen) atoms. The molecule has 1 heterocycles. The van der Waals surface area contributed by atoms with Gasteiger partial charge in [0.25, 0.3) is 0 Å². The molecule has 0 bridgehead atoms. The fourth-order valence-electron chi connectivity index (χ4n) is 1.65. The number of hydrogen-bond donors (Lipinski definition) is 1. The predicted molar refractivity (Wildman–Crippen MR) is 79.9 cm³/mol. The molecule has 0 saturated carbocycles. The van der Waals surface area contributed by atoms with Crippen LogP contribution in [0.4, 0.5) is 5.69 Å². The van der Waals surface area contributed by atoms with Gasteiger partial charge in [-0.25, -0.2) is 0 Å². The quantitative estimate of drug-likeness (QED) is 0.896. The van der Waals surface area contributed by atoms with E-state index in [0.29, 0.717) is 5.56 Å². The number of nitriles is 1. The number of aryl methyl sites for hydroxylation is 1. The molecule has 0 spiro atoms.